The van der Waals surface area contributed by atoms with Gasteiger partial charge in [0.2, 0.25) is 6.79 Å². The lowest BCUT2D eigenvalue weighted by atomic mass is 10.1. The highest BCUT2D eigenvalue weighted by Crippen LogP contribution is 2.33. The molecule has 0 saturated heterocycles. The number of amides is 1. The quantitative estimate of drug-likeness (QED) is 0.462. The summed E-state index contributed by atoms with van der Waals surface area (Å²) < 4.78 is 21.9. The highest BCUT2D eigenvalue weighted by Gasteiger charge is 2.19. The van der Waals surface area contributed by atoms with Crippen LogP contribution in [-0.4, -0.2) is 42.8 Å². The molecule has 0 radical (unpaired) electrons. The van der Waals surface area contributed by atoms with E-state index in [0.29, 0.717) is 25.3 Å². The van der Waals surface area contributed by atoms with Gasteiger partial charge < -0.3 is 24.3 Å². The molecule has 0 bridgehead atoms. The Kier molecular flexibility index (Phi) is 7.54. The van der Waals surface area contributed by atoms with Crippen LogP contribution in [0.3, 0.4) is 0 Å². The molecule has 9 heteroatoms. The zero-order valence-corrected chi connectivity index (χ0v) is 20.6. The lowest BCUT2D eigenvalue weighted by molar-refractivity contribution is 0.0938. The van der Waals surface area contributed by atoms with Gasteiger partial charge in [0.25, 0.3) is 5.91 Å². The van der Waals surface area contributed by atoms with Gasteiger partial charge in [-0.1, -0.05) is 12.1 Å². The Morgan fingerprint density at radius 2 is 1.91 bits per heavy atom. The molecule has 4 rings (SSSR count). The fourth-order valence-electron chi connectivity index (χ4n) is 3.70. The number of aromatic nitrogens is 1. The molecule has 0 atom stereocenters. The number of ether oxygens (including phenoxy) is 4. The molecule has 0 aliphatic carbocycles. The van der Waals surface area contributed by atoms with Gasteiger partial charge in [-0.3, -0.25) is 9.69 Å². The minimum atomic E-state index is -0.156. The minimum Gasteiger partial charge on any atom is -0.497 e. The van der Waals surface area contributed by atoms with Crippen molar-refractivity contribution >= 4 is 17.2 Å². The van der Waals surface area contributed by atoms with Gasteiger partial charge in [-0.25, -0.2) is 4.98 Å². The molecule has 180 valence electrons. The zero-order valence-electron chi connectivity index (χ0n) is 19.8. The molecule has 0 saturated carbocycles. The highest BCUT2D eigenvalue weighted by atomic mass is 32.1. The first-order chi connectivity index (χ1) is 16.4. The maximum absolute atomic E-state index is 12.4. The van der Waals surface area contributed by atoms with E-state index in [9.17, 15) is 4.79 Å². The standard InChI is InChI=1S/C25H29N3O5S/c1-16(2)26-25(29)20-14-34-24(27-20)13-28(11-17-5-8-21-23(9-17)33-15-32-21)12-18-6-7-19(30-3)10-22(18)31-4/h5-10,14,16H,11-13,15H2,1-4H3,(H,26,29). The van der Waals surface area contributed by atoms with Crippen LogP contribution in [0.2, 0.25) is 0 Å². The van der Waals surface area contributed by atoms with E-state index in [4.69, 9.17) is 18.9 Å². The van der Waals surface area contributed by atoms with E-state index in [-0.39, 0.29) is 18.7 Å². The molecule has 3 aromatic rings. The van der Waals surface area contributed by atoms with Crippen LogP contribution in [-0.2, 0) is 19.6 Å². The average molecular weight is 484 g/mol. The maximum atomic E-state index is 12.4. The van der Waals surface area contributed by atoms with Crippen LogP contribution in [0.4, 0.5) is 0 Å². The van der Waals surface area contributed by atoms with Gasteiger partial charge in [-0.05, 0) is 37.6 Å². The number of carbonyl (C=O) groups excluding carboxylic acids is 1. The lowest BCUT2D eigenvalue weighted by Gasteiger charge is -2.23. The molecular weight excluding hydrogens is 454 g/mol. The summed E-state index contributed by atoms with van der Waals surface area (Å²) in [4.78, 5) is 19.2. The Morgan fingerprint density at radius 3 is 2.68 bits per heavy atom. The molecule has 0 unspecified atom stereocenters. The topological polar surface area (TPSA) is 82.2 Å². The van der Waals surface area contributed by atoms with Gasteiger partial charge in [-0.15, -0.1) is 11.3 Å². The Labute approximate surface area is 203 Å². The van der Waals surface area contributed by atoms with Crippen LogP contribution >= 0.6 is 11.3 Å². The summed E-state index contributed by atoms with van der Waals surface area (Å²) in [5.74, 6) is 2.85. The van der Waals surface area contributed by atoms with Gasteiger partial charge in [0, 0.05) is 36.1 Å². The third kappa shape index (κ3) is 5.78. The number of nitrogens with one attached hydrogen (secondary N) is 1. The van der Waals surface area contributed by atoms with E-state index in [1.165, 1.54) is 11.3 Å². The van der Waals surface area contributed by atoms with Crippen molar-refractivity contribution in [2.75, 3.05) is 21.0 Å². The molecule has 0 fully saturated rings. The smallest absolute Gasteiger partial charge is 0.270 e. The van der Waals surface area contributed by atoms with Crippen molar-refractivity contribution in [3.05, 3.63) is 63.6 Å². The number of methoxy groups -OCH3 is 2. The minimum absolute atomic E-state index is 0.0580. The number of carbonyl (C=O) groups is 1. The van der Waals surface area contributed by atoms with Crippen LogP contribution in [0.1, 0.15) is 40.5 Å². The van der Waals surface area contributed by atoms with E-state index in [1.54, 1.807) is 19.6 Å². The first-order valence-electron chi connectivity index (χ1n) is 11.0. The van der Waals surface area contributed by atoms with E-state index in [2.05, 4.69) is 15.2 Å². The third-order valence-corrected chi connectivity index (χ3v) is 6.13. The Bertz CT molecular complexity index is 1150. The molecular formula is C25H29N3O5S. The van der Waals surface area contributed by atoms with Gasteiger partial charge in [0.05, 0.1) is 20.8 Å². The maximum Gasteiger partial charge on any atom is 0.270 e. The van der Waals surface area contributed by atoms with Gasteiger partial charge >= 0.3 is 0 Å². The molecule has 2 aromatic carbocycles. The summed E-state index contributed by atoms with van der Waals surface area (Å²) in [6, 6.07) is 11.8. The summed E-state index contributed by atoms with van der Waals surface area (Å²) in [6.07, 6.45) is 0. The number of hydrogen-bond donors (Lipinski definition) is 1. The van der Waals surface area contributed by atoms with Crippen molar-refractivity contribution in [2.45, 2.75) is 39.5 Å². The van der Waals surface area contributed by atoms with E-state index in [0.717, 1.165) is 39.1 Å². The van der Waals surface area contributed by atoms with Gasteiger partial charge in [0.1, 0.15) is 22.2 Å². The first-order valence-corrected chi connectivity index (χ1v) is 11.9. The molecule has 1 N–H and O–H groups in total. The predicted molar refractivity (Wildman–Crippen MR) is 130 cm³/mol. The fraction of sp³-hybridized carbons (Fsp3) is 0.360. The first kappa shape index (κ1) is 23.8. The Hall–Kier alpha value is -3.30. The second-order valence-electron chi connectivity index (χ2n) is 8.27. The van der Waals surface area contributed by atoms with Crippen molar-refractivity contribution in [3.63, 3.8) is 0 Å². The molecule has 1 aliphatic rings. The van der Waals surface area contributed by atoms with Crippen molar-refractivity contribution in [3.8, 4) is 23.0 Å². The number of hydrogen-bond acceptors (Lipinski definition) is 8. The molecule has 1 aliphatic heterocycles. The van der Waals surface area contributed by atoms with E-state index in [1.807, 2.05) is 50.2 Å². The summed E-state index contributed by atoms with van der Waals surface area (Å²) in [5.41, 5.74) is 2.56. The summed E-state index contributed by atoms with van der Waals surface area (Å²) >= 11 is 1.48. The van der Waals surface area contributed by atoms with E-state index < -0.39 is 0 Å². The highest BCUT2D eigenvalue weighted by molar-refractivity contribution is 7.09. The van der Waals surface area contributed by atoms with Crippen molar-refractivity contribution in [1.29, 1.82) is 0 Å². The van der Waals surface area contributed by atoms with Crippen molar-refractivity contribution in [2.24, 2.45) is 0 Å². The van der Waals surface area contributed by atoms with Crippen LogP contribution in [0.15, 0.2) is 41.8 Å². The summed E-state index contributed by atoms with van der Waals surface area (Å²) in [6.45, 7) is 5.95. The molecule has 0 spiro atoms. The van der Waals surface area contributed by atoms with Crippen molar-refractivity contribution < 1.29 is 23.7 Å². The average Bonchev–Trinajstić information content (AvgIpc) is 3.48. The van der Waals surface area contributed by atoms with E-state index >= 15 is 0 Å². The van der Waals surface area contributed by atoms with Crippen LogP contribution in [0.25, 0.3) is 0 Å². The monoisotopic (exact) mass is 483 g/mol. The fourth-order valence-corrected chi connectivity index (χ4v) is 4.52. The second kappa shape index (κ2) is 10.8. The SMILES string of the molecule is COc1ccc(CN(Cc2ccc3c(c2)OCO3)Cc2nc(C(=O)NC(C)C)cs2)c(OC)c1. The number of benzene rings is 2. The summed E-state index contributed by atoms with van der Waals surface area (Å²) in [5, 5.41) is 5.56. The van der Waals surface area contributed by atoms with Crippen LogP contribution in [0, 0.1) is 0 Å². The number of fused-ring (bicyclic) bond motifs is 1. The largest absolute Gasteiger partial charge is 0.497 e. The third-order valence-electron chi connectivity index (χ3n) is 5.29. The number of thiazole rings is 1. The number of nitrogens with zero attached hydrogens (tertiary/aromatic N) is 2. The van der Waals surface area contributed by atoms with Gasteiger partial charge in [0.15, 0.2) is 11.5 Å². The molecule has 8 nitrogen and oxygen atoms in total. The summed E-state index contributed by atoms with van der Waals surface area (Å²) in [7, 11) is 3.29. The molecule has 1 amide bonds. The second-order valence-corrected chi connectivity index (χ2v) is 9.21. The zero-order chi connectivity index (χ0) is 24.1. The van der Waals surface area contributed by atoms with Crippen LogP contribution in [0.5, 0.6) is 23.0 Å². The van der Waals surface area contributed by atoms with Gasteiger partial charge in [-0.2, -0.15) is 0 Å². The predicted octanol–water partition coefficient (Wildman–Crippen LogP) is 4.23. The molecule has 1 aromatic heterocycles. The lowest BCUT2D eigenvalue weighted by Crippen LogP contribution is -2.30. The number of rotatable bonds is 10. The normalized spacial score (nSPS) is 12.3. The Balaban J connectivity index is 1.56. The molecule has 2 heterocycles. The Morgan fingerprint density at radius 1 is 1.09 bits per heavy atom. The van der Waals surface area contributed by atoms with Crippen molar-refractivity contribution in [1.82, 2.24) is 15.2 Å². The molecule has 34 heavy (non-hydrogen) atoms. The van der Waals surface area contributed by atoms with Crippen LogP contribution < -0.4 is 24.3 Å².